The third-order valence-electron chi connectivity index (χ3n) is 2.68. The van der Waals surface area contributed by atoms with Crippen molar-refractivity contribution in [2.24, 2.45) is 5.92 Å². The molecule has 0 saturated heterocycles. The number of carbonyl (C=O) groups is 1. The molecule has 0 aliphatic carbocycles. The summed E-state index contributed by atoms with van der Waals surface area (Å²) in [6, 6.07) is 3.49. The van der Waals surface area contributed by atoms with Gasteiger partial charge in [0.1, 0.15) is 4.90 Å². The summed E-state index contributed by atoms with van der Waals surface area (Å²) in [5.74, 6) is -0.130. The zero-order chi connectivity index (χ0) is 16.2. The summed E-state index contributed by atoms with van der Waals surface area (Å²) in [5.41, 5.74) is 5.69. The van der Waals surface area contributed by atoms with E-state index in [1.54, 1.807) is 6.07 Å². The third-order valence-corrected chi connectivity index (χ3v) is 4.76. The first-order valence-electron chi connectivity index (χ1n) is 6.49. The van der Waals surface area contributed by atoms with Crippen molar-refractivity contribution in [3.63, 3.8) is 0 Å². The summed E-state index contributed by atoms with van der Waals surface area (Å²) in [4.78, 5) is 11.6. The van der Waals surface area contributed by atoms with Gasteiger partial charge in [0.25, 0.3) is 0 Å². The molecule has 1 aromatic rings. The first-order chi connectivity index (χ1) is 9.65. The fraction of sp³-hybridized carbons (Fsp3) is 0.462. The molecule has 21 heavy (non-hydrogen) atoms. The van der Waals surface area contributed by atoms with Gasteiger partial charge in [-0.15, -0.1) is 0 Å². The molecule has 0 aromatic heterocycles. The molecule has 4 N–H and O–H groups in total. The second-order valence-corrected chi connectivity index (χ2v) is 7.20. The second kappa shape index (κ2) is 7.11. The Labute approximate surface area is 130 Å². The van der Waals surface area contributed by atoms with Crippen LogP contribution < -0.4 is 15.8 Å². The zero-order valence-electron chi connectivity index (χ0n) is 12.2. The van der Waals surface area contributed by atoms with Crippen LogP contribution in [0.2, 0.25) is 5.02 Å². The lowest BCUT2D eigenvalue weighted by Crippen LogP contribution is -2.45. The minimum Gasteiger partial charge on any atom is -0.398 e. The van der Waals surface area contributed by atoms with Crippen molar-refractivity contribution < 1.29 is 13.2 Å². The number of rotatable bonds is 6. The number of nitrogen functional groups attached to an aromatic ring is 1. The lowest BCUT2D eigenvalue weighted by Gasteiger charge is -2.16. The van der Waals surface area contributed by atoms with Crippen molar-refractivity contribution >= 4 is 33.2 Å². The number of sulfonamides is 1. The van der Waals surface area contributed by atoms with Crippen LogP contribution >= 0.6 is 11.6 Å². The molecule has 0 aliphatic heterocycles. The third kappa shape index (κ3) is 4.87. The SMILES string of the molecule is CC(C)CNC(=O)C(C)NS(=O)(=O)c1c(N)cccc1Cl. The smallest absolute Gasteiger partial charge is 0.244 e. The summed E-state index contributed by atoms with van der Waals surface area (Å²) in [7, 11) is -3.97. The van der Waals surface area contributed by atoms with Crippen molar-refractivity contribution in [3.05, 3.63) is 23.2 Å². The first-order valence-corrected chi connectivity index (χ1v) is 8.35. The fourth-order valence-electron chi connectivity index (χ4n) is 1.61. The molecule has 1 unspecified atom stereocenters. The van der Waals surface area contributed by atoms with Crippen LogP contribution in [0.25, 0.3) is 0 Å². The molecule has 6 nitrogen and oxygen atoms in total. The second-order valence-electron chi connectivity index (χ2n) is 5.14. The van der Waals surface area contributed by atoms with Gasteiger partial charge in [0.05, 0.1) is 16.8 Å². The molecule has 8 heteroatoms. The summed E-state index contributed by atoms with van der Waals surface area (Å²) in [6.07, 6.45) is 0. The van der Waals surface area contributed by atoms with Gasteiger partial charge in [-0.05, 0) is 25.0 Å². The lowest BCUT2D eigenvalue weighted by molar-refractivity contribution is -0.122. The van der Waals surface area contributed by atoms with Crippen LogP contribution in [0.1, 0.15) is 20.8 Å². The number of anilines is 1. The average molecular weight is 334 g/mol. The number of amides is 1. The van der Waals surface area contributed by atoms with E-state index in [9.17, 15) is 13.2 Å². The Kier molecular flexibility index (Phi) is 6.00. The molecule has 0 aliphatic rings. The van der Waals surface area contributed by atoms with E-state index in [1.165, 1.54) is 19.1 Å². The molecular formula is C13H20ClN3O3S. The molecule has 0 bridgehead atoms. The molecule has 0 saturated carbocycles. The van der Waals surface area contributed by atoms with Crippen LogP contribution in [0, 0.1) is 5.92 Å². The first kappa shape index (κ1) is 17.7. The maximum absolute atomic E-state index is 12.3. The number of nitrogens with two attached hydrogens (primary N) is 1. The topological polar surface area (TPSA) is 101 Å². The van der Waals surface area contributed by atoms with Gasteiger partial charge in [-0.2, -0.15) is 4.72 Å². The van der Waals surface area contributed by atoms with Gasteiger partial charge in [0.2, 0.25) is 15.9 Å². The van der Waals surface area contributed by atoms with Crippen LogP contribution in [0.4, 0.5) is 5.69 Å². The quantitative estimate of drug-likeness (QED) is 0.684. The van der Waals surface area contributed by atoms with Crippen molar-refractivity contribution in [1.82, 2.24) is 10.0 Å². The van der Waals surface area contributed by atoms with Gasteiger partial charge in [-0.25, -0.2) is 8.42 Å². The van der Waals surface area contributed by atoms with Crippen molar-refractivity contribution in [3.8, 4) is 0 Å². The molecule has 0 radical (unpaired) electrons. The molecule has 0 fully saturated rings. The van der Waals surface area contributed by atoms with Gasteiger partial charge in [0, 0.05) is 6.54 Å². The van der Waals surface area contributed by atoms with Gasteiger partial charge in [0.15, 0.2) is 0 Å². The Morgan fingerprint density at radius 1 is 1.33 bits per heavy atom. The number of hydrogen-bond donors (Lipinski definition) is 3. The standard InChI is InChI=1S/C13H20ClN3O3S/c1-8(2)7-16-13(18)9(3)17-21(19,20)12-10(14)5-4-6-11(12)15/h4-6,8-9,17H,7,15H2,1-3H3,(H,16,18). The lowest BCUT2D eigenvalue weighted by atomic mass is 10.2. The van der Waals surface area contributed by atoms with E-state index in [1.807, 2.05) is 13.8 Å². The predicted octanol–water partition coefficient (Wildman–Crippen LogP) is 1.36. The molecule has 1 atom stereocenters. The highest BCUT2D eigenvalue weighted by Crippen LogP contribution is 2.26. The Morgan fingerprint density at radius 2 is 1.95 bits per heavy atom. The maximum Gasteiger partial charge on any atom is 0.244 e. The molecule has 1 rings (SSSR count). The summed E-state index contributed by atoms with van der Waals surface area (Å²) in [5, 5.41) is 2.67. The van der Waals surface area contributed by atoms with Gasteiger partial charge < -0.3 is 11.1 Å². The number of nitrogens with one attached hydrogen (secondary N) is 2. The van der Waals surface area contributed by atoms with Crippen LogP contribution in [-0.2, 0) is 14.8 Å². The maximum atomic E-state index is 12.3. The predicted molar refractivity (Wildman–Crippen MR) is 83.5 cm³/mol. The molecule has 1 aromatic carbocycles. The highest BCUT2D eigenvalue weighted by Gasteiger charge is 2.25. The normalized spacial score (nSPS) is 13.2. The number of hydrogen-bond acceptors (Lipinski definition) is 4. The van der Waals surface area contributed by atoms with Gasteiger partial charge in [-0.3, -0.25) is 4.79 Å². The minimum atomic E-state index is -3.97. The van der Waals surface area contributed by atoms with E-state index in [0.29, 0.717) is 6.54 Å². The Balaban J connectivity index is 2.88. The van der Waals surface area contributed by atoms with E-state index in [2.05, 4.69) is 10.0 Å². The van der Waals surface area contributed by atoms with E-state index < -0.39 is 22.0 Å². The van der Waals surface area contributed by atoms with Crippen molar-refractivity contribution in [2.45, 2.75) is 31.7 Å². The largest absolute Gasteiger partial charge is 0.398 e. The van der Waals surface area contributed by atoms with Crippen LogP contribution in [0.15, 0.2) is 23.1 Å². The number of halogens is 1. The van der Waals surface area contributed by atoms with Crippen LogP contribution in [0.5, 0.6) is 0 Å². The monoisotopic (exact) mass is 333 g/mol. The van der Waals surface area contributed by atoms with E-state index in [0.717, 1.165) is 0 Å². The summed E-state index contributed by atoms with van der Waals surface area (Å²) >= 11 is 5.88. The Morgan fingerprint density at radius 3 is 2.48 bits per heavy atom. The Hall–Kier alpha value is -1.31. The van der Waals surface area contributed by atoms with E-state index in [4.69, 9.17) is 17.3 Å². The highest BCUT2D eigenvalue weighted by atomic mass is 35.5. The summed E-state index contributed by atoms with van der Waals surface area (Å²) < 4.78 is 26.8. The fourth-order valence-corrected chi connectivity index (χ4v) is 3.49. The van der Waals surface area contributed by atoms with Gasteiger partial charge in [-0.1, -0.05) is 31.5 Å². The van der Waals surface area contributed by atoms with Crippen molar-refractivity contribution in [1.29, 1.82) is 0 Å². The highest BCUT2D eigenvalue weighted by molar-refractivity contribution is 7.89. The number of carbonyl (C=O) groups excluding carboxylic acids is 1. The molecule has 1 amide bonds. The van der Waals surface area contributed by atoms with Gasteiger partial charge >= 0.3 is 0 Å². The molecule has 0 heterocycles. The zero-order valence-corrected chi connectivity index (χ0v) is 13.8. The molecule has 118 valence electrons. The summed E-state index contributed by atoms with van der Waals surface area (Å²) in [6.45, 7) is 5.82. The van der Waals surface area contributed by atoms with E-state index >= 15 is 0 Å². The Bertz CT molecular complexity index is 597. The molecule has 0 spiro atoms. The van der Waals surface area contributed by atoms with E-state index in [-0.39, 0.29) is 21.5 Å². The van der Waals surface area contributed by atoms with Crippen LogP contribution in [-0.4, -0.2) is 26.9 Å². The van der Waals surface area contributed by atoms with Crippen LogP contribution in [0.3, 0.4) is 0 Å². The minimum absolute atomic E-state index is 0.0114. The van der Waals surface area contributed by atoms with Crippen molar-refractivity contribution in [2.75, 3.05) is 12.3 Å². The average Bonchev–Trinajstić information content (AvgIpc) is 2.34. The number of benzene rings is 1. The molecular weight excluding hydrogens is 314 g/mol.